The number of nitrogens with one attached hydrogen (secondary N) is 1. The number of nitrogens with zero attached hydrogens (tertiary/aromatic N) is 1. The molecule has 0 radical (unpaired) electrons. The zero-order chi connectivity index (χ0) is 13.7. The van der Waals surface area contributed by atoms with Crippen LogP contribution in [-0.4, -0.2) is 36.0 Å². The van der Waals surface area contributed by atoms with E-state index >= 15 is 0 Å². The average molecular weight is 254 g/mol. The molecule has 0 aliphatic carbocycles. The Kier molecular flexibility index (Phi) is 6.13. The van der Waals surface area contributed by atoms with Gasteiger partial charge in [0.2, 0.25) is 5.91 Å². The third-order valence-corrected chi connectivity index (χ3v) is 4.02. The first-order valence-corrected chi connectivity index (χ1v) is 7.50. The molecule has 0 spiro atoms. The van der Waals surface area contributed by atoms with Gasteiger partial charge in [-0.2, -0.15) is 0 Å². The number of hydrogen-bond acceptors (Lipinski definition) is 2. The molecule has 1 N–H and O–H groups in total. The summed E-state index contributed by atoms with van der Waals surface area (Å²) in [6.07, 6.45) is 2.82. The number of carbonyl (C=O) groups excluding carboxylic acids is 1. The lowest BCUT2D eigenvalue weighted by atomic mass is 9.94. The Balaban J connectivity index is 2.68. The van der Waals surface area contributed by atoms with Crippen molar-refractivity contribution in [3.8, 4) is 0 Å². The first-order valence-electron chi connectivity index (χ1n) is 7.50. The molecule has 18 heavy (non-hydrogen) atoms. The summed E-state index contributed by atoms with van der Waals surface area (Å²) in [5.41, 5.74) is 0. The molecule has 0 aromatic rings. The van der Waals surface area contributed by atoms with Gasteiger partial charge < -0.3 is 10.2 Å². The molecule has 2 unspecified atom stereocenters. The summed E-state index contributed by atoms with van der Waals surface area (Å²) in [4.78, 5) is 14.5. The lowest BCUT2D eigenvalue weighted by molar-refractivity contribution is -0.136. The van der Waals surface area contributed by atoms with E-state index in [9.17, 15) is 4.79 Å². The topological polar surface area (TPSA) is 32.3 Å². The highest BCUT2D eigenvalue weighted by molar-refractivity contribution is 5.76. The fourth-order valence-electron chi connectivity index (χ4n) is 2.59. The smallest absolute Gasteiger partial charge is 0.222 e. The Labute approximate surface area is 112 Å². The molecule has 0 saturated carbocycles. The molecule has 3 heteroatoms. The van der Waals surface area contributed by atoms with Crippen LogP contribution in [0.1, 0.15) is 53.9 Å². The molecule has 106 valence electrons. The van der Waals surface area contributed by atoms with E-state index in [-0.39, 0.29) is 0 Å². The van der Waals surface area contributed by atoms with Crippen LogP contribution >= 0.6 is 0 Å². The van der Waals surface area contributed by atoms with E-state index in [0.717, 1.165) is 25.9 Å². The molecule has 1 rings (SSSR count). The SMILES string of the molecule is CCCCC(=O)N1CC(C(C)C)NCC1C(C)C. The highest BCUT2D eigenvalue weighted by Crippen LogP contribution is 2.19. The first kappa shape index (κ1) is 15.5. The van der Waals surface area contributed by atoms with Gasteiger partial charge in [0, 0.05) is 31.6 Å². The second kappa shape index (κ2) is 7.13. The highest BCUT2D eigenvalue weighted by atomic mass is 16.2. The minimum Gasteiger partial charge on any atom is -0.337 e. The largest absolute Gasteiger partial charge is 0.337 e. The lowest BCUT2D eigenvalue weighted by Crippen LogP contribution is -2.61. The summed E-state index contributed by atoms with van der Waals surface area (Å²) < 4.78 is 0. The van der Waals surface area contributed by atoms with Gasteiger partial charge in [-0.3, -0.25) is 4.79 Å². The zero-order valence-corrected chi connectivity index (χ0v) is 12.7. The van der Waals surface area contributed by atoms with E-state index < -0.39 is 0 Å². The quantitative estimate of drug-likeness (QED) is 0.818. The molecule has 1 aliphatic heterocycles. The van der Waals surface area contributed by atoms with E-state index in [1.54, 1.807) is 0 Å². The van der Waals surface area contributed by atoms with Gasteiger partial charge in [-0.05, 0) is 18.3 Å². The van der Waals surface area contributed by atoms with Crippen molar-refractivity contribution in [1.82, 2.24) is 10.2 Å². The van der Waals surface area contributed by atoms with Gasteiger partial charge in [0.15, 0.2) is 0 Å². The molecule has 2 atom stereocenters. The molecule has 0 aromatic heterocycles. The Hall–Kier alpha value is -0.570. The van der Waals surface area contributed by atoms with Crippen molar-refractivity contribution >= 4 is 5.91 Å². The molecule has 3 nitrogen and oxygen atoms in total. The number of unbranched alkanes of at least 4 members (excludes halogenated alkanes) is 1. The summed E-state index contributed by atoms with van der Waals surface area (Å²) in [6, 6.07) is 0.815. The molecule has 1 amide bonds. The van der Waals surface area contributed by atoms with Crippen LogP contribution in [0.4, 0.5) is 0 Å². The van der Waals surface area contributed by atoms with Crippen molar-refractivity contribution in [3.05, 3.63) is 0 Å². The van der Waals surface area contributed by atoms with Crippen molar-refractivity contribution in [2.75, 3.05) is 13.1 Å². The Morgan fingerprint density at radius 3 is 2.44 bits per heavy atom. The van der Waals surface area contributed by atoms with Gasteiger partial charge in [0.1, 0.15) is 0 Å². The van der Waals surface area contributed by atoms with Crippen LogP contribution in [-0.2, 0) is 4.79 Å². The number of piperazine rings is 1. The highest BCUT2D eigenvalue weighted by Gasteiger charge is 2.33. The van der Waals surface area contributed by atoms with Crippen LogP contribution in [0.15, 0.2) is 0 Å². The summed E-state index contributed by atoms with van der Waals surface area (Å²) in [5, 5.41) is 3.60. The van der Waals surface area contributed by atoms with Crippen LogP contribution in [0.2, 0.25) is 0 Å². The Morgan fingerprint density at radius 2 is 1.94 bits per heavy atom. The van der Waals surface area contributed by atoms with Crippen molar-refractivity contribution in [3.63, 3.8) is 0 Å². The van der Waals surface area contributed by atoms with Crippen LogP contribution in [0.25, 0.3) is 0 Å². The average Bonchev–Trinajstić information content (AvgIpc) is 2.34. The molecule has 1 heterocycles. The van der Waals surface area contributed by atoms with Crippen molar-refractivity contribution in [2.45, 2.75) is 66.0 Å². The lowest BCUT2D eigenvalue weighted by Gasteiger charge is -2.43. The van der Waals surface area contributed by atoms with Gasteiger partial charge >= 0.3 is 0 Å². The van der Waals surface area contributed by atoms with Crippen LogP contribution in [0.3, 0.4) is 0 Å². The van der Waals surface area contributed by atoms with Gasteiger partial charge in [0.25, 0.3) is 0 Å². The second-order valence-electron chi connectivity index (χ2n) is 6.22. The van der Waals surface area contributed by atoms with Gasteiger partial charge in [-0.1, -0.05) is 41.0 Å². The van der Waals surface area contributed by atoms with E-state index in [1.807, 2.05) is 0 Å². The van der Waals surface area contributed by atoms with Crippen LogP contribution < -0.4 is 5.32 Å². The van der Waals surface area contributed by atoms with Crippen molar-refractivity contribution < 1.29 is 4.79 Å². The first-order chi connectivity index (χ1) is 8.47. The third-order valence-electron chi connectivity index (χ3n) is 4.02. The van der Waals surface area contributed by atoms with Crippen LogP contribution in [0.5, 0.6) is 0 Å². The maximum atomic E-state index is 12.3. The standard InChI is InChI=1S/C15H30N2O/c1-6-7-8-15(18)17-10-13(11(2)3)16-9-14(17)12(4)5/h11-14,16H,6-10H2,1-5H3. The monoisotopic (exact) mass is 254 g/mol. The number of hydrogen-bond donors (Lipinski definition) is 1. The fraction of sp³-hybridized carbons (Fsp3) is 0.933. The van der Waals surface area contributed by atoms with Gasteiger partial charge in [-0.15, -0.1) is 0 Å². The number of amides is 1. The van der Waals surface area contributed by atoms with Crippen LogP contribution in [0, 0.1) is 11.8 Å². The van der Waals surface area contributed by atoms with E-state index in [1.165, 1.54) is 0 Å². The third kappa shape index (κ3) is 3.98. The number of rotatable bonds is 5. The van der Waals surface area contributed by atoms with E-state index in [4.69, 9.17) is 0 Å². The predicted octanol–water partition coefficient (Wildman–Crippen LogP) is 2.66. The summed E-state index contributed by atoms with van der Waals surface area (Å²) >= 11 is 0. The molecular weight excluding hydrogens is 224 g/mol. The summed E-state index contributed by atoms with van der Waals surface area (Å²) in [6.45, 7) is 12.8. The van der Waals surface area contributed by atoms with Gasteiger partial charge in [-0.25, -0.2) is 0 Å². The zero-order valence-electron chi connectivity index (χ0n) is 12.7. The molecular formula is C15H30N2O. The second-order valence-corrected chi connectivity index (χ2v) is 6.22. The minimum absolute atomic E-state index is 0.350. The maximum absolute atomic E-state index is 12.3. The van der Waals surface area contributed by atoms with Crippen molar-refractivity contribution in [1.29, 1.82) is 0 Å². The molecule has 1 saturated heterocycles. The van der Waals surface area contributed by atoms with E-state index in [2.05, 4.69) is 44.8 Å². The van der Waals surface area contributed by atoms with Crippen molar-refractivity contribution in [2.24, 2.45) is 11.8 Å². The van der Waals surface area contributed by atoms with Gasteiger partial charge in [0.05, 0.1) is 0 Å². The molecule has 0 bridgehead atoms. The molecule has 0 aromatic carbocycles. The summed E-state index contributed by atoms with van der Waals surface area (Å²) in [7, 11) is 0. The maximum Gasteiger partial charge on any atom is 0.222 e. The minimum atomic E-state index is 0.350. The van der Waals surface area contributed by atoms with E-state index in [0.29, 0.717) is 36.2 Å². The Bertz CT molecular complexity index is 263. The Morgan fingerprint density at radius 1 is 1.28 bits per heavy atom. The predicted molar refractivity (Wildman–Crippen MR) is 76.5 cm³/mol. The summed E-state index contributed by atoms with van der Waals surface area (Å²) in [5.74, 6) is 1.46. The fourth-order valence-corrected chi connectivity index (χ4v) is 2.59. The molecule has 1 aliphatic rings. The molecule has 1 fully saturated rings. The normalized spacial score (nSPS) is 24.9. The number of carbonyl (C=O) groups is 1.